The van der Waals surface area contributed by atoms with Gasteiger partial charge in [0.2, 0.25) is 5.88 Å². The Bertz CT molecular complexity index is 1690. The largest absolute Gasteiger partial charge is 0.473 e. The van der Waals surface area contributed by atoms with E-state index in [1.54, 1.807) is 4.68 Å². The predicted octanol–water partition coefficient (Wildman–Crippen LogP) is 4.07. The van der Waals surface area contributed by atoms with Crippen LogP contribution in [0.15, 0.2) is 18.2 Å². The number of nitrogens with one attached hydrogen (secondary N) is 1. The number of ether oxygens (including phenoxy) is 1. The molecule has 0 spiro atoms. The molecule has 1 aliphatic rings. The molecule has 10 nitrogen and oxygen atoms in total. The summed E-state index contributed by atoms with van der Waals surface area (Å²) in [5.74, 6) is 0.701. The average molecular weight is 515 g/mol. The van der Waals surface area contributed by atoms with Crippen molar-refractivity contribution in [3.05, 3.63) is 40.8 Å². The van der Waals surface area contributed by atoms with Crippen LogP contribution in [0.25, 0.3) is 44.3 Å². The van der Waals surface area contributed by atoms with E-state index in [-0.39, 0.29) is 18.8 Å². The van der Waals surface area contributed by atoms with Crippen molar-refractivity contribution in [3.8, 4) is 28.4 Å². The van der Waals surface area contributed by atoms with Gasteiger partial charge in [0.25, 0.3) is 0 Å². The lowest BCUT2D eigenvalue weighted by molar-refractivity contribution is 0.145. The summed E-state index contributed by atoms with van der Waals surface area (Å²) < 4.78 is 10.3. The molecule has 1 aromatic carbocycles. The van der Waals surface area contributed by atoms with Gasteiger partial charge in [0.15, 0.2) is 0 Å². The van der Waals surface area contributed by atoms with Crippen LogP contribution < -0.4 is 4.74 Å². The Morgan fingerprint density at radius 1 is 1.11 bits per heavy atom. The van der Waals surface area contributed by atoms with Gasteiger partial charge in [0, 0.05) is 36.5 Å². The number of aromatic amines is 1. The number of likely N-dealkylation sites (N-methyl/N-ethyl adjacent to an activating group) is 1. The summed E-state index contributed by atoms with van der Waals surface area (Å²) in [5, 5.41) is 29.7. The van der Waals surface area contributed by atoms with Gasteiger partial charge in [0.1, 0.15) is 11.8 Å². The number of pyridine rings is 1. The SMILES string of the molecule is Cc1nn(C)c2c1-c1cc3c(n[nH]c3c(C)n1)-c1cc(C)c3nn([C@@H](C)CO)c(c3c1)CN(C)C[C@H](C)O2. The number of aliphatic hydroxyl groups is 1. The van der Waals surface area contributed by atoms with Crippen LogP contribution in [0.4, 0.5) is 0 Å². The average Bonchev–Trinajstić information content (AvgIpc) is 3.52. The van der Waals surface area contributed by atoms with Gasteiger partial charge in [-0.15, -0.1) is 0 Å². The Labute approximate surface area is 221 Å². The number of nitrogens with zero attached hydrogens (tertiary/aromatic N) is 7. The molecular weight excluding hydrogens is 480 g/mol. The Balaban J connectivity index is 1.67. The maximum absolute atomic E-state index is 10.0. The van der Waals surface area contributed by atoms with E-state index in [9.17, 15) is 5.11 Å². The third-order valence-electron chi connectivity index (χ3n) is 7.51. The first kappa shape index (κ1) is 24.6. The van der Waals surface area contributed by atoms with Gasteiger partial charge in [-0.2, -0.15) is 15.3 Å². The molecule has 2 N–H and O–H groups in total. The van der Waals surface area contributed by atoms with Crippen molar-refractivity contribution in [2.75, 3.05) is 20.2 Å². The lowest BCUT2D eigenvalue weighted by Crippen LogP contribution is -2.32. The fraction of sp³-hybridized carbons (Fsp3) is 0.429. The number of aliphatic hydroxyl groups excluding tert-OH is 1. The Morgan fingerprint density at radius 3 is 2.66 bits per heavy atom. The Morgan fingerprint density at radius 2 is 1.89 bits per heavy atom. The molecule has 0 unspecified atom stereocenters. The molecule has 6 rings (SSSR count). The van der Waals surface area contributed by atoms with Crippen LogP contribution in [0.3, 0.4) is 0 Å². The predicted molar refractivity (Wildman–Crippen MR) is 147 cm³/mol. The maximum atomic E-state index is 10.0. The van der Waals surface area contributed by atoms with Crippen LogP contribution in [0.5, 0.6) is 5.88 Å². The smallest absolute Gasteiger partial charge is 0.221 e. The van der Waals surface area contributed by atoms with Gasteiger partial charge in [-0.05, 0) is 65.4 Å². The number of fused-ring (bicyclic) bond motifs is 5. The highest BCUT2D eigenvalue weighted by molar-refractivity contribution is 5.99. The van der Waals surface area contributed by atoms with Gasteiger partial charge in [-0.3, -0.25) is 19.7 Å². The molecule has 0 fully saturated rings. The number of hydrogen-bond acceptors (Lipinski definition) is 7. The molecule has 198 valence electrons. The van der Waals surface area contributed by atoms with Crippen molar-refractivity contribution in [2.45, 2.75) is 53.3 Å². The highest BCUT2D eigenvalue weighted by Gasteiger charge is 2.25. The van der Waals surface area contributed by atoms with Crippen molar-refractivity contribution in [3.63, 3.8) is 0 Å². The molecule has 0 aliphatic carbocycles. The third-order valence-corrected chi connectivity index (χ3v) is 7.51. The minimum Gasteiger partial charge on any atom is -0.473 e. The van der Waals surface area contributed by atoms with Gasteiger partial charge < -0.3 is 9.84 Å². The van der Waals surface area contributed by atoms with E-state index >= 15 is 0 Å². The van der Waals surface area contributed by atoms with Crippen molar-refractivity contribution in [1.29, 1.82) is 0 Å². The lowest BCUT2D eigenvalue weighted by Gasteiger charge is -2.24. The second-order valence-corrected chi connectivity index (χ2v) is 10.7. The minimum atomic E-state index is -0.146. The first-order chi connectivity index (χ1) is 18.2. The summed E-state index contributed by atoms with van der Waals surface area (Å²) in [6, 6.07) is 6.27. The fourth-order valence-corrected chi connectivity index (χ4v) is 5.73. The zero-order valence-electron chi connectivity index (χ0n) is 23.0. The second kappa shape index (κ2) is 8.92. The van der Waals surface area contributed by atoms with Gasteiger partial charge >= 0.3 is 0 Å². The zero-order chi connectivity index (χ0) is 26.9. The zero-order valence-corrected chi connectivity index (χ0v) is 23.0. The highest BCUT2D eigenvalue weighted by Crippen LogP contribution is 2.38. The highest BCUT2D eigenvalue weighted by atomic mass is 16.5. The monoisotopic (exact) mass is 514 g/mol. The quantitative estimate of drug-likeness (QED) is 0.365. The first-order valence-corrected chi connectivity index (χ1v) is 13.0. The number of hydrogen-bond donors (Lipinski definition) is 2. The molecule has 0 radical (unpaired) electrons. The summed E-state index contributed by atoms with van der Waals surface area (Å²) in [4.78, 5) is 7.18. The van der Waals surface area contributed by atoms with Crippen LogP contribution in [0.1, 0.15) is 42.5 Å². The number of aryl methyl sites for hydroxylation is 4. The standard InChI is InChI=1S/C28H34N8O2/c1-14-8-19-9-20-23(36(15(2)13-37)33-25(14)20)12-34(6)11-16(3)38-28-24(17(4)32-35(28)7)22-10-21-26(18(5)29-22)30-31-27(19)21/h8-10,15-16,37H,11-13H2,1-7H3,(H,30,31)/t15-,16-/m0/s1. The molecule has 5 heterocycles. The number of aromatic nitrogens is 7. The molecule has 10 heteroatoms. The van der Waals surface area contributed by atoms with E-state index < -0.39 is 0 Å². The Hall–Kier alpha value is -3.76. The molecule has 0 saturated heterocycles. The van der Waals surface area contributed by atoms with Crippen molar-refractivity contribution >= 4 is 21.8 Å². The first-order valence-electron chi connectivity index (χ1n) is 13.0. The number of H-pyrrole nitrogens is 1. The van der Waals surface area contributed by atoms with Crippen LogP contribution in [-0.4, -0.2) is 71.1 Å². The molecule has 1 aliphatic heterocycles. The summed E-state index contributed by atoms with van der Waals surface area (Å²) in [6.45, 7) is 11.5. The van der Waals surface area contributed by atoms with Gasteiger partial charge in [-0.1, -0.05) is 0 Å². The van der Waals surface area contributed by atoms with E-state index in [0.29, 0.717) is 19.0 Å². The normalized spacial score (nSPS) is 17.1. The molecule has 5 aromatic rings. The summed E-state index contributed by atoms with van der Waals surface area (Å²) >= 11 is 0. The fourth-order valence-electron chi connectivity index (χ4n) is 5.73. The van der Waals surface area contributed by atoms with Crippen LogP contribution in [-0.2, 0) is 13.6 Å². The van der Waals surface area contributed by atoms with Crippen LogP contribution >= 0.6 is 0 Å². The van der Waals surface area contributed by atoms with E-state index in [1.165, 1.54) is 0 Å². The molecular formula is C28H34N8O2. The molecule has 0 saturated carbocycles. The Kier molecular flexibility index (Phi) is 5.77. The summed E-state index contributed by atoms with van der Waals surface area (Å²) in [6.07, 6.45) is -0.108. The van der Waals surface area contributed by atoms with Gasteiger partial charge in [-0.25, -0.2) is 4.68 Å². The summed E-state index contributed by atoms with van der Waals surface area (Å²) in [5.41, 5.74) is 9.31. The van der Waals surface area contributed by atoms with Crippen molar-refractivity contribution < 1.29 is 9.84 Å². The summed E-state index contributed by atoms with van der Waals surface area (Å²) in [7, 11) is 3.99. The van der Waals surface area contributed by atoms with E-state index in [0.717, 1.165) is 67.0 Å². The van der Waals surface area contributed by atoms with Crippen LogP contribution in [0.2, 0.25) is 0 Å². The van der Waals surface area contributed by atoms with Gasteiger partial charge in [0.05, 0.1) is 52.0 Å². The number of rotatable bonds is 2. The molecule has 4 aromatic heterocycles. The number of benzene rings is 1. The topological polar surface area (TPSA) is 110 Å². The molecule has 38 heavy (non-hydrogen) atoms. The third kappa shape index (κ3) is 3.78. The van der Waals surface area contributed by atoms with Crippen molar-refractivity contribution in [2.24, 2.45) is 7.05 Å². The second-order valence-electron chi connectivity index (χ2n) is 10.7. The maximum Gasteiger partial charge on any atom is 0.221 e. The lowest BCUT2D eigenvalue weighted by atomic mass is 10.0. The van der Waals surface area contributed by atoms with E-state index in [1.807, 2.05) is 32.5 Å². The van der Waals surface area contributed by atoms with Crippen LogP contribution in [0, 0.1) is 20.8 Å². The molecule has 0 amide bonds. The van der Waals surface area contributed by atoms with Crippen molar-refractivity contribution in [1.82, 2.24) is 39.6 Å². The molecule has 2 atom stereocenters. The van der Waals surface area contributed by atoms with E-state index in [2.05, 4.69) is 54.2 Å². The van der Waals surface area contributed by atoms with E-state index in [4.69, 9.17) is 19.9 Å². The molecule has 4 bridgehead atoms. The minimum absolute atomic E-state index is 0.0117.